The van der Waals surface area contributed by atoms with Crippen molar-refractivity contribution in [3.05, 3.63) is 0 Å². The van der Waals surface area contributed by atoms with E-state index in [4.69, 9.17) is 10.8 Å². The molecule has 18 heavy (non-hydrogen) atoms. The number of hydrogen-bond acceptors (Lipinski definition) is 3. The number of nitrogens with two attached hydrogens (primary N) is 1. The quantitative estimate of drug-likeness (QED) is 0.664. The topological polar surface area (TPSA) is 92.4 Å². The second kappa shape index (κ2) is 7.36. The summed E-state index contributed by atoms with van der Waals surface area (Å²) in [6.07, 6.45) is 4.83. The van der Waals surface area contributed by atoms with Gasteiger partial charge in [0.25, 0.3) is 0 Å². The van der Waals surface area contributed by atoms with Crippen molar-refractivity contribution >= 4 is 11.9 Å². The molecule has 1 unspecified atom stereocenters. The summed E-state index contributed by atoms with van der Waals surface area (Å²) in [7, 11) is 0. The Bertz CT molecular complexity index is 286. The summed E-state index contributed by atoms with van der Waals surface area (Å²) in [6.45, 7) is 2.59. The summed E-state index contributed by atoms with van der Waals surface area (Å²) in [6, 6.07) is -0.741. The highest BCUT2D eigenvalue weighted by molar-refractivity contribution is 5.84. The van der Waals surface area contributed by atoms with E-state index in [9.17, 15) is 9.59 Å². The van der Waals surface area contributed by atoms with Gasteiger partial charge in [-0.25, -0.2) is 4.79 Å². The number of carbonyl (C=O) groups excluding carboxylic acids is 1. The average Bonchev–Trinajstić information content (AvgIpc) is 2.38. The second-order valence-corrected chi connectivity index (χ2v) is 5.14. The van der Waals surface area contributed by atoms with E-state index in [1.807, 2.05) is 6.92 Å². The van der Waals surface area contributed by atoms with Crippen LogP contribution in [-0.4, -0.2) is 29.6 Å². The summed E-state index contributed by atoms with van der Waals surface area (Å²) < 4.78 is 0. The molecule has 1 amide bonds. The molecule has 1 aliphatic carbocycles. The lowest BCUT2D eigenvalue weighted by Crippen LogP contribution is -2.44. The SMILES string of the molecule is CCCC(NC(=O)C1CCC(CN)CC1)C(=O)O. The van der Waals surface area contributed by atoms with Gasteiger partial charge in [0.2, 0.25) is 5.91 Å². The number of nitrogens with one attached hydrogen (secondary N) is 1. The first kappa shape index (κ1) is 15.0. The normalized spacial score (nSPS) is 25.4. The van der Waals surface area contributed by atoms with Gasteiger partial charge in [-0.15, -0.1) is 0 Å². The standard InChI is InChI=1S/C13H24N2O3/c1-2-3-11(13(17)18)15-12(16)10-6-4-9(8-14)5-7-10/h9-11H,2-8,14H2,1H3,(H,15,16)(H,17,18). The Hall–Kier alpha value is -1.10. The molecule has 0 aromatic rings. The van der Waals surface area contributed by atoms with E-state index in [0.29, 0.717) is 18.9 Å². The summed E-state index contributed by atoms with van der Waals surface area (Å²) in [5, 5.41) is 11.7. The van der Waals surface area contributed by atoms with Crippen LogP contribution in [0.25, 0.3) is 0 Å². The predicted molar refractivity (Wildman–Crippen MR) is 69.0 cm³/mol. The maximum atomic E-state index is 12.0. The van der Waals surface area contributed by atoms with Gasteiger partial charge < -0.3 is 16.2 Å². The van der Waals surface area contributed by atoms with E-state index in [1.54, 1.807) is 0 Å². The van der Waals surface area contributed by atoms with E-state index in [2.05, 4.69) is 5.32 Å². The molecular formula is C13H24N2O3. The Balaban J connectivity index is 2.42. The lowest BCUT2D eigenvalue weighted by atomic mass is 9.81. The smallest absolute Gasteiger partial charge is 0.326 e. The Morgan fingerprint density at radius 1 is 1.33 bits per heavy atom. The van der Waals surface area contributed by atoms with Crippen molar-refractivity contribution < 1.29 is 14.7 Å². The second-order valence-electron chi connectivity index (χ2n) is 5.14. The largest absolute Gasteiger partial charge is 0.480 e. The first-order valence-corrected chi connectivity index (χ1v) is 6.81. The molecule has 0 bridgehead atoms. The van der Waals surface area contributed by atoms with Crippen LogP contribution in [0.3, 0.4) is 0 Å². The lowest BCUT2D eigenvalue weighted by molar-refractivity contribution is -0.142. The monoisotopic (exact) mass is 256 g/mol. The van der Waals surface area contributed by atoms with Crippen molar-refractivity contribution in [2.45, 2.75) is 51.5 Å². The molecule has 1 atom stereocenters. The highest BCUT2D eigenvalue weighted by Gasteiger charge is 2.28. The van der Waals surface area contributed by atoms with Crippen LogP contribution in [0, 0.1) is 11.8 Å². The van der Waals surface area contributed by atoms with Gasteiger partial charge in [-0.2, -0.15) is 0 Å². The summed E-state index contributed by atoms with van der Waals surface area (Å²) in [5.74, 6) is -0.557. The number of amides is 1. The van der Waals surface area contributed by atoms with Gasteiger partial charge >= 0.3 is 5.97 Å². The van der Waals surface area contributed by atoms with Crippen molar-refractivity contribution in [2.75, 3.05) is 6.54 Å². The number of hydrogen-bond donors (Lipinski definition) is 3. The zero-order valence-corrected chi connectivity index (χ0v) is 11.0. The number of carboxylic acids is 1. The van der Waals surface area contributed by atoms with Gasteiger partial charge in [-0.1, -0.05) is 13.3 Å². The Morgan fingerprint density at radius 2 is 1.94 bits per heavy atom. The third kappa shape index (κ3) is 4.29. The number of aliphatic carboxylic acids is 1. The molecule has 1 rings (SSSR count). The molecule has 0 aromatic carbocycles. The van der Waals surface area contributed by atoms with Crippen molar-refractivity contribution in [3.63, 3.8) is 0 Å². The Labute approximate surface area is 108 Å². The van der Waals surface area contributed by atoms with Crippen LogP contribution in [0.2, 0.25) is 0 Å². The maximum absolute atomic E-state index is 12.0. The van der Waals surface area contributed by atoms with Crippen LogP contribution in [0.15, 0.2) is 0 Å². The maximum Gasteiger partial charge on any atom is 0.326 e. The molecule has 0 aliphatic heterocycles. The van der Waals surface area contributed by atoms with Gasteiger partial charge in [0.1, 0.15) is 6.04 Å². The molecule has 0 radical (unpaired) electrons. The fourth-order valence-electron chi connectivity index (χ4n) is 2.50. The molecule has 0 heterocycles. The number of carbonyl (C=O) groups is 2. The van der Waals surface area contributed by atoms with Gasteiger partial charge in [0, 0.05) is 5.92 Å². The first-order chi connectivity index (χ1) is 8.58. The molecule has 104 valence electrons. The molecule has 5 nitrogen and oxygen atoms in total. The highest BCUT2D eigenvalue weighted by atomic mass is 16.4. The fourth-order valence-corrected chi connectivity index (χ4v) is 2.50. The highest BCUT2D eigenvalue weighted by Crippen LogP contribution is 2.28. The van der Waals surface area contributed by atoms with Crippen LogP contribution >= 0.6 is 0 Å². The zero-order chi connectivity index (χ0) is 13.5. The van der Waals surface area contributed by atoms with Crippen molar-refractivity contribution in [2.24, 2.45) is 17.6 Å². The van der Waals surface area contributed by atoms with Crippen molar-refractivity contribution in [1.29, 1.82) is 0 Å². The molecule has 1 fully saturated rings. The molecule has 0 aromatic heterocycles. The van der Waals surface area contributed by atoms with Crippen LogP contribution in [-0.2, 0) is 9.59 Å². The van der Waals surface area contributed by atoms with Crippen LogP contribution in [0.4, 0.5) is 0 Å². The van der Waals surface area contributed by atoms with Gasteiger partial charge in [-0.3, -0.25) is 4.79 Å². The molecule has 4 N–H and O–H groups in total. The molecule has 0 saturated heterocycles. The first-order valence-electron chi connectivity index (χ1n) is 6.81. The van der Waals surface area contributed by atoms with Crippen LogP contribution in [0.5, 0.6) is 0 Å². The predicted octanol–water partition coefficient (Wildman–Crippen LogP) is 1.12. The molecule has 0 spiro atoms. The van der Waals surface area contributed by atoms with Crippen molar-refractivity contribution in [1.82, 2.24) is 5.32 Å². The molecule has 1 saturated carbocycles. The van der Waals surface area contributed by atoms with Crippen LogP contribution < -0.4 is 11.1 Å². The van der Waals surface area contributed by atoms with E-state index in [0.717, 1.165) is 32.1 Å². The van der Waals surface area contributed by atoms with Gasteiger partial charge in [0.15, 0.2) is 0 Å². The minimum Gasteiger partial charge on any atom is -0.480 e. The van der Waals surface area contributed by atoms with Gasteiger partial charge in [-0.05, 0) is 44.6 Å². The van der Waals surface area contributed by atoms with Crippen LogP contribution in [0.1, 0.15) is 45.4 Å². The lowest BCUT2D eigenvalue weighted by Gasteiger charge is -2.27. The Morgan fingerprint density at radius 3 is 2.39 bits per heavy atom. The molecule has 5 heteroatoms. The summed E-state index contributed by atoms with van der Waals surface area (Å²) in [4.78, 5) is 23.0. The number of rotatable bonds is 6. The Kier molecular flexibility index (Phi) is 6.12. The number of carboxylic acid groups (broad SMARTS) is 1. The minimum atomic E-state index is -0.944. The summed E-state index contributed by atoms with van der Waals surface area (Å²) >= 11 is 0. The third-order valence-corrected chi connectivity index (χ3v) is 3.74. The van der Waals surface area contributed by atoms with Gasteiger partial charge in [0.05, 0.1) is 0 Å². The minimum absolute atomic E-state index is 0.0356. The molecule has 1 aliphatic rings. The fraction of sp³-hybridized carbons (Fsp3) is 0.846. The van der Waals surface area contributed by atoms with E-state index < -0.39 is 12.0 Å². The zero-order valence-electron chi connectivity index (χ0n) is 11.0. The molecular weight excluding hydrogens is 232 g/mol. The summed E-state index contributed by atoms with van der Waals surface area (Å²) in [5.41, 5.74) is 5.61. The van der Waals surface area contributed by atoms with E-state index >= 15 is 0 Å². The third-order valence-electron chi connectivity index (χ3n) is 3.74. The average molecular weight is 256 g/mol. The van der Waals surface area contributed by atoms with E-state index in [-0.39, 0.29) is 11.8 Å². The van der Waals surface area contributed by atoms with E-state index in [1.165, 1.54) is 0 Å². The van der Waals surface area contributed by atoms with Crippen molar-refractivity contribution in [3.8, 4) is 0 Å².